The van der Waals surface area contributed by atoms with E-state index in [1.807, 2.05) is 56.3 Å². The fraction of sp³-hybridized carbons (Fsp3) is 0.357. The fourth-order valence-electron chi connectivity index (χ4n) is 1.53. The van der Waals surface area contributed by atoms with Gasteiger partial charge in [0.05, 0.1) is 6.10 Å². The third-order valence-corrected chi connectivity index (χ3v) is 2.39. The van der Waals surface area contributed by atoms with Crippen molar-refractivity contribution in [2.24, 2.45) is 0 Å². The molecule has 1 fully saturated rings. The van der Waals surface area contributed by atoms with Crippen molar-refractivity contribution < 1.29 is 14.3 Å². The van der Waals surface area contributed by atoms with Gasteiger partial charge in [-0.15, -0.1) is 0 Å². The maximum absolute atomic E-state index is 11.5. The number of carbonyl (C=O) groups excluding carboxylic acids is 1. The molecule has 0 aliphatic carbocycles. The number of hydrogen-bond donors (Lipinski definition) is 0. The summed E-state index contributed by atoms with van der Waals surface area (Å²) >= 11 is 0. The summed E-state index contributed by atoms with van der Waals surface area (Å²) in [5.41, 5.74) is 1.10. The van der Waals surface area contributed by atoms with Crippen LogP contribution in [-0.4, -0.2) is 24.3 Å². The first kappa shape index (κ1) is 11.9. The van der Waals surface area contributed by atoms with Crippen molar-refractivity contribution in [1.29, 1.82) is 0 Å². The van der Waals surface area contributed by atoms with Crippen LogP contribution in [0.1, 0.15) is 19.4 Å². The van der Waals surface area contributed by atoms with Gasteiger partial charge >= 0.3 is 5.97 Å². The molecule has 0 spiro atoms. The summed E-state index contributed by atoms with van der Waals surface area (Å²) in [6.45, 7) is 3.66. The molecule has 17 heavy (non-hydrogen) atoms. The fourth-order valence-corrected chi connectivity index (χ4v) is 1.53. The maximum Gasteiger partial charge on any atom is 0.338 e. The van der Waals surface area contributed by atoms with Crippen molar-refractivity contribution in [3.63, 3.8) is 0 Å². The Morgan fingerprint density at radius 3 is 2.71 bits per heavy atom. The number of esters is 1. The first-order valence-electron chi connectivity index (χ1n) is 5.76. The highest BCUT2D eigenvalue weighted by molar-refractivity contribution is 5.79. The minimum atomic E-state index is -0.419. The Morgan fingerprint density at radius 1 is 1.35 bits per heavy atom. The van der Waals surface area contributed by atoms with Crippen LogP contribution in [0.2, 0.25) is 0 Å². The first-order chi connectivity index (χ1) is 8.16. The number of carbonyl (C=O) groups is 1. The average Bonchev–Trinajstić information content (AvgIpc) is 3.06. The molecule has 2 rings (SSSR count). The molecule has 1 aromatic carbocycles. The van der Waals surface area contributed by atoms with E-state index in [0.29, 0.717) is 0 Å². The lowest BCUT2D eigenvalue weighted by molar-refractivity contribution is -0.148. The normalized spacial score (nSPS) is 23.0. The summed E-state index contributed by atoms with van der Waals surface area (Å²) in [6, 6.07) is 9.91. The van der Waals surface area contributed by atoms with Crippen LogP contribution < -0.4 is 0 Å². The molecule has 0 bridgehead atoms. The highest BCUT2D eigenvalue weighted by Crippen LogP contribution is 2.25. The lowest BCUT2D eigenvalue weighted by Gasteiger charge is -2.04. The number of benzene rings is 1. The average molecular weight is 232 g/mol. The van der Waals surface area contributed by atoms with Gasteiger partial charge in [0.1, 0.15) is 6.10 Å². The zero-order chi connectivity index (χ0) is 12.3. The van der Waals surface area contributed by atoms with E-state index in [0.717, 1.165) is 5.56 Å². The molecular weight excluding hydrogens is 216 g/mol. The molecule has 3 heteroatoms. The molecule has 1 saturated heterocycles. The van der Waals surface area contributed by atoms with Crippen LogP contribution in [0.25, 0.3) is 6.08 Å². The standard InChI is InChI=1S/C14H16O3/c1-10(2)16-14(15)13-12(17-13)9-8-11-6-4-3-5-7-11/h3-10,12-13H,1-2H3/b9-8+/t12-,13-/m0/s1. The molecule has 0 radical (unpaired) electrons. The molecule has 2 atom stereocenters. The summed E-state index contributed by atoms with van der Waals surface area (Å²) in [5, 5.41) is 0. The van der Waals surface area contributed by atoms with Gasteiger partial charge < -0.3 is 9.47 Å². The third-order valence-electron chi connectivity index (χ3n) is 2.39. The van der Waals surface area contributed by atoms with Crippen molar-refractivity contribution in [2.75, 3.05) is 0 Å². The Labute approximate surface area is 101 Å². The van der Waals surface area contributed by atoms with Crippen molar-refractivity contribution in [3.05, 3.63) is 42.0 Å². The topological polar surface area (TPSA) is 38.8 Å². The van der Waals surface area contributed by atoms with Gasteiger partial charge in [0, 0.05) is 0 Å². The molecule has 0 amide bonds. The van der Waals surface area contributed by atoms with Crippen LogP contribution in [-0.2, 0) is 14.3 Å². The molecule has 0 N–H and O–H groups in total. The largest absolute Gasteiger partial charge is 0.461 e. The lowest BCUT2D eigenvalue weighted by atomic mass is 10.2. The zero-order valence-corrected chi connectivity index (χ0v) is 10.00. The molecule has 0 saturated carbocycles. The predicted molar refractivity (Wildman–Crippen MR) is 65.4 cm³/mol. The van der Waals surface area contributed by atoms with Gasteiger partial charge in [0.25, 0.3) is 0 Å². The van der Waals surface area contributed by atoms with Crippen LogP contribution >= 0.6 is 0 Å². The van der Waals surface area contributed by atoms with E-state index < -0.39 is 6.10 Å². The third kappa shape index (κ3) is 3.43. The van der Waals surface area contributed by atoms with E-state index in [9.17, 15) is 4.79 Å². The van der Waals surface area contributed by atoms with Crippen molar-refractivity contribution in [2.45, 2.75) is 32.2 Å². The van der Waals surface area contributed by atoms with Gasteiger partial charge in [-0.25, -0.2) is 4.79 Å². The summed E-state index contributed by atoms with van der Waals surface area (Å²) in [5.74, 6) is -0.275. The van der Waals surface area contributed by atoms with Crippen LogP contribution in [0.15, 0.2) is 36.4 Å². The number of epoxide rings is 1. The second-order valence-corrected chi connectivity index (χ2v) is 4.28. The summed E-state index contributed by atoms with van der Waals surface area (Å²) in [6.07, 6.45) is 3.19. The molecule has 0 unspecified atom stereocenters. The Balaban J connectivity index is 1.84. The zero-order valence-electron chi connectivity index (χ0n) is 10.00. The Bertz CT molecular complexity index is 409. The molecule has 0 aromatic heterocycles. The van der Waals surface area contributed by atoms with Crippen LogP contribution in [0.5, 0.6) is 0 Å². The van der Waals surface area contributed by atoms with Crippen LogP contribution in [0.3, 0.4) is 0 Å². The van der Waals surface area contributed by atoms with E-state index in [-0.39, 0.29) is 18.2 Å². The van der Waals surface area contributed by atoms with Crippen molar-refractivity contribution in [1.82, 2.24) is 0 Å². The minimum absolute atomic E-state index is 0.0922. The van der Waals surface area contributed by atoms with E-state index in [2.05, 4.69) is 0 Å². The van der Waals surface area contributed by atoms with Gasteiger partial charge in [-0.05, 0) is 19.4 Å². The summed E-state index contributed by atoms with van der Waals surface area (Å²) in [4.78, 5) is 11.5. The SMILES string of the molecule is CC(C)OC(=O)[C@H]1O[C@H]1/C=C/c1ccccc1. The lowest BCUT2D eigenvalue weighted by Crippen LogP contribution is -2.17. The van der Waals surface area contributed by atoms with Crippen LogP contribution in [0.4, 0.5) is 0 Å². The molecule has 1 aromatic rings. The highest BCUT2D eigenvalue weighted by atomic mass is 16.6. The van der Waals surface area contributed by atoms with Gasteiger partial charge in [-0.3, -0.25) is 0 Å². The number of hydrogen-bond acceptors (Lipinski definition) is 3. The minimum Gasteiger partial charge on any atom is -0.461 e. The van der Waals surface area contributed by atoms with E-state index in [1.165, 1.54) is 0 Å². The maximum atomic E-state index is 11.5. The van der Waals surface area contributed by atoms with Crippen molar-refractivity contribution in [3.8, 4) is 0 Å². The predicted octanol–water partition coefficient (Wildman–Crippen LogP) is 2.42. The van der Waals surface area contributed by atoms with E-state index in [4.69, 9.17) is 9.47 Å². The Hall–Kier alpha value is -1.61. The van der Waals surface area contributed by atoms with Gasteiger partial charge in [-0.1, -0.05) is 42.5 Å². The number of rotatable bonds is 4. The van der Waals surface area contributed by atoms with Gasteiger partial charge in [-0.2, -0.15) is 0 Å². The van der Waals surface area contributed by atoms with Gasteiger partial charge in [0.15, 0.2) is 6.10 Å². The smallest absolute Gasteiger partial charge is 0.338 e. The summed E-state index contributed by atoms with van der Waals surface area (Å²) < 4.78 is 10.3. The highest BCUT2D eigenvalue weighted by Gasteiger charge is 2.44. The number of ether oxygens (including phenoxy) is 2. The molecule has 90 valence electrons. The molecule has 3 nitrogen and oxygen atoms in total. The van der Waals surface area contributed by atoms with E-state index >= 15 is 0 Å². The molecular formula is C14H16O3. The second kappa shape index (κ2) is 5.15. The summed E-state index contributed by atoms with van der Waals surface area (Å²) in [7, 11) is 0. The molecule has 1 aliphatic heterocycles. The molecule has 1 heterocycles. The Kier molecular flexibility index (Phi) is 3.59. The Morgan fingerprint density at radius 2 is 2.06 bits per heavy atom. The molecule has 1 aliphatic rings. The quantitative estimate of drug-likeness (QED) is 0.591. The van der Waals surface area contributed by atoms with E-state index in [1.54, 1.807) is 0 Å². The first-order valence-corrected chi connectivity index (χ1v) is 5.76. The van der Waals surface area contributed by atoms with Gasteiger partial charge in [0.2, 0.25) is 0 Å². The second-order valence-electron chi connectivity index (χ2n) is 4.28. The van der Waals surface area contributed by atoms with Crippen molar-refractivity contribution >= 4 is 12.0 Å². The monoisotopic (exact) mass is 232 g/mol. The van der Waals surface area contributed by atoms with Crippen LogP contribution in [0, 0.1) is 0 Å².